The molecular weight excluding hydrogens is 576 g/mol. The molecule has 30 heavy (non-hydrogen) atoms. The molecule has 0 radical (unpaired) electrons. The van der Waals surface area contributed by atoms with Crippen molar-refractivity contribution < 1.29 is 14.2 Å². The maximum Gasteiger partial charge on any atom is 0.0743 e. The minimum Gasteiger partial charge on any atom is -0.373 e. The Bertz CT molecular complexity index is 823. The SMILES string of the molecule is C=CCOCc1c(Br)c(COCC=C)c(Br)c(COC/C=C/c2ccccc2)c1Br. The summed E-state index contributed by atoms with van der Waals surface area (Å²) in [5.41, 5.74) is 4.18. The Labute approximate surface area is 204 Å². The number of halogens is 3. The summed E-state index contributed by atoms with van der Waals surface area (Å²) in [6.07, 6.45) is 7.53. The molecule has 0 saturated carbocycles. The third-order valence-electron chi connectivity index (χ3n) is 4.12. The summed E-state index contributed by atoms with van der Waals surface area (Å²) < 4.78 is 20.2. The topological polar surface area (TPSA) is 27.7 Å². The summed E-state index contributed by atoms with van der Waals surface area (Å²) in [5.74, 6) is 0. The number of ether oxygens (including phenoxy) is 3. The summed E-state index contributed by atoms with van der Waals surface area (Å²) in [7, 11) is 0. The molecule has 0 fully saturated rings. The molecule has 0 bridgehead atoms. The predicted octanol–water partition coefficient (Wildman–Crippen LogP) is 7.61. The smallest absolute Gasteiger partial charge is 0.0743 e. The van der Waals surface area contributed by atoms with Gasteiger partial charge in [-0.05, 0) is 53.4 Å². The largest absolute Gasteiger partial charge is 0.373 e. The van der Waals surface area contributed by atoms with Crippen molar-refractivity contribution in [3.63, 3.8) is 0 Å². The molecule has 160 valence electrons. The molecule has 0 spiro atoms. The van der Waals surface area contributed by atoms with Crippen LogP contribution in [0.1, 0.15) is 22.3 Å². The van der Waals surface area contributed by atoms with Crippen LogP contribution in [0.3, 0.4) is 0 Å². The van der Waals surface area contributed by atoms with Crippen LogP contribution in [0.5, 0.6) is 0 Å². The quantitative estimate of drug-likeness (QED) is 0.175. The van der Waals surface area contributed by atoms with Crippen LogP contribution >= 0.6 is 47.8 Å². The Kier molecular flexibility index (Phi) is 11.9. The number of rotatable bonds is 13. The van der Waals surface area contributed by atoms with Crippen molar-refractivity contribution in [2.75, 3.05) is 19.8 Å². The van der Waals surface area contributed by atoms with Gasteiger partial charge < -0.3 is 14.2 Å². The van der Waals surface area contributed by atoms with Gasteiger partial charge in [0.2, 0.25) is 0 Å². The van der Waals surface area contributed by atoms with Gasteiger partial charge in [0.1, 0.15) is 0 Å². The third kappa shape index (κ3) is 7.59. The molecule has 0 aliphatic rings. The molecule has 0 aliphatic carbocycles. The Morgan fingerprint density at radius 2 is 1.10 bits per heavy atom. The molecule has 2 aromatic carbocycles. The van der Waals surface area contributed by atoms with Crippen LogP contribution in [0, 0.1) is 0 Å². The maximum atomic E-state index is 5.93. The predicted molar refractivity (Wildman–Crippen MR) is 134 cm³/mol. The number of benzene rings is 2. The van der Waals surface area contributed by atoms with Crippen LogP contribution in [0.2, 0.25) is 0 Å². The molecule has 2 rings (SSSR count). The van der Waals surface area contributed by atoms with Crippen LogP contribution in [0.15, 0.2) is 75.1 Å². The van der Waals surface area contributed by atoms with E-state index in [0.717, 1.165) is 35.7 Å². The van der Waals surface area contributed by atoms with Crippen LogP contribution < -0.4 is 0 Å². The Hall–Kier alpha value is -1.02. The van der Waals surface area contributed by atoms with E-state index in [2.05, 4.69) is 79.2 Å². The van der Waals surface area contributed by atoms with Crippen molar-refractivity contribution in [3.8, 4) is 0 Å². The molecule has 0 heterocycles. The Morgan fingerprint density at radius 3 is 1.53 bits per heavy atom. The molecule has 0 N–H and O–H groups in total. The second kappa shape index (κ2) is 14.1. The average molecular weight is 601 g/mol. The van der Waals surface area contributed by atoms with Crippen molar-refractivity contribution in [1.29, 1.82) is 0 Å². The monoisotopic (exact) mass is 598 g/mol. The van der Waals surface area contributed by atoms with Crippen LogP contribution in [0.25, 0.3) is 6.08 Å². The van der Waals surface area contributed by atoms with Gasteiger partial charge >= 0.3 is 0 Å². The van der Waals surface area contributed by atoms with Gasteiger partial charge in [-0.1, -0.05) is 54.6 Å². The maximum absolute atomic E-state index is 5.93. The van der Waals surface area contributed by atoms with Crippen molar-refractivity contribution in [2.24, 2.45) is 0 Å². The molecule has 0 aromatic heterocycles. The normalized spacial score (nSPS) is 11.2. The second-order valence-electron chi connectivity index (χ2n) is 6.31. The fourth-order valence-electron chi connectivity index (χ4n) is 2.68. The van der Waals surface area contributed by atoms with Gasteiger partial charge in [-0.25, -0.2) is 0 Å². The van der Waals surface area contributed by atoms with E-state index < -0.39 is 0 Å². The summed E-state index contributed by atoms with van der Waals surface area (Å²) in [6, 6.07) is 10.2. The van der Waals surface area contributed by atoms with Crippen molar-refractivity contribution in [1.82, 2.24) is 0 Å². The minimum atomic E-state index is 0.440. The highest BCUT2D eigenvalue weighted by Crippen LogP contribution is 2.40. The minimum absolute atomic E-state index is 0.440. The summed E-state index contributed by atoms with van der Waals surface area (Å²) >= 11 is 11.2. The van der Waals surface area contributed by atoms with Gasteiger partial charge in [0.05, 0.1) is 39.6 Å². The highest BCUT2D eigenvalue weighted by Gasteiger charge is 2.20. The van der Waals surface area contributed by atoms with Crippen LogP contribution in [-0.4, -0.2) is 19.8 Å². The Balaban J connectivity index is 2.17. The summed E-state index contributed by atoms with van der Waals surface area (Å²) in [6.45, 7) is 10.2. The molecule has 0 saturated heterocycles. The van der Waals surface area contributed by atoms with Gasteiger partial charge in [-0.15, -0.1) is 13.2 Å². The van der Waals surface area contributed by atoms with Crippen LogP contribution in [-0.2, 0) is 34.0 Å². The molecule has 2 aromatic rings. The molecule has 0 atom stereocenters. The fourth-order valence-corrected chi connectivity index (χ4v) is 5.36. The lowest BCUT2D eigenvalue weighted by Crippen LogP contribution is -2.07. The first-order chi connectivity index (χ1) is 14.6. The van der Waals surface area contributed by atoms with E-state index >= 15 is 0 Å². The first-order valence-corrected chi connectivity index (χ1v) is 11.8. The zero-order valence-corrected chi connectivity index (χ0v) is 21.5. The van der Waals surface area contributed by atoms with Crippen LogP contribution in [0.4, 0.5) is 0 Å². The van der Waals surface area contributed by atoms with Gasteiger partial charge in [0, 0.05) is 30.1 Å². The van der Waals surface area contributed by atoms with E-state index in [9.17, 15) is 0 Å². The lowest BCUT2D eigenvalue weighted by molar-refractivity contribution is 0.138. The Morgan fingerprint density at radius 1 is 0.667 bits per heavy atom. The van der Waals surface area contributed by atoms with E-state index in [1.54, 1.807) is 12.2 Å². The molecule has 0 amide bonds. The fraction of sp³-hybridized carbons (Fsp3) is 0.250. The summed E-state index contributed by atoms with van der Waals surface area (Å²) in [5, 5.41) is 0. The highest BCUT2D eigenvalue weighted by atomic mass is 79.9. The lowest BCUT2D eigenvalue weighted by Gasteiger charge is -2.19. The van der Waals surface area contributed by atoms with E-state index in [4.69, 9.17) is 14.2 Å². The van der Waals surface area contributed by atoms with E-state index in [-0.39, 0.29) is 0 Å². The first kappa shape index (κ1) is 25.2. The van der Waals surface area contributed by atoms with Gasteiger partial charge in [-0.2, -0.15) is 0 Å². The van der Waals surface area contributed by atoms with Crippen molar-refractivity contribution >= 4 is 53.9 Å². The molecule has 0 aliphatic heterocycles. The molecule has 3 nitrogen and oxygen atoms in total. The van der Waals surface area contributed by atoms with E-state index in [1.165, 1.54) is 0 Å². The zero-order chi connectivity index (χ0) is 21.8. The van der Waals surface area contributed by atoms with Gasteiger partial charge in [0.15, 0.2) is 0 Å². The second-order valence-corrected chi connectivity index (χ2v) is 8.69. The molecular formula is C24H25Br3O3. The number of hydrogen-bond donors (Lipinski definition) is 0. The molecule has 6 heteroatoms. The molecule has 0 unspecified atom stereocenters. The third-order valence-corrected chi connectivity index (χ3v) is 7.00. The van der Waals surface area contributed by atoms with Crippen molar-refractivity contribution in [3.05, 3.63) is 97.4 Å². The lowest BCUT2D eigenvalue weighted by atomic mass is 10.1. The zero-order valence-electron chi connectivity index (χ0n) is 16.7. The van der Waals surface area contributed by atoms with Gasteiger partial charge in [0.25, 0.3) is 0 Å². The van der Waals surface area contributed by atoms with Crippen molar-refractivity contribution in [2.45, 2.75) is 19.8 Å². The van der Waals surface area contributed by atoms with E-state index in [1.807, 2.05) is 24.3 Å². The average Bonchev–Trinajstić information content (AvgIpc) is 2.75. The summed E-state index contributed by atoms with van der Waals surface area (Å²) in [4.78, 5) is 0. The van der Waals surface area contributed by atoms with E-state index in [0.29, 0.717) is 39.6 Å². The highest BCUT2D eigenvalue weighted by molar-refractivity contribution is 9.11. The van der Waals surface area contributed by atoms with Gasteiger partial charge in [-0.3, -0.25) is 0 Å². The number of hydrogen-bond acceptors (Lipinski definition) is 3. The first-order valence-electron chi connectivity index (χ1n) is 9.43. The standard InChI is InChI=1S/C24H25Br3O3/c1-3-12-28-15-19-22(25)20(16-29-13-4-2)24(27)21(23(19)26)17-30-14-8-11-18-9-6-5-7-10-18/h3-11H,1-2,12-17H2/b11-8+.